The molecule has 0 aliphatic rings. The molecule has 0 bridgehead atoms. The molecule has 8 nitrogen and oxygen atoms in total. The van der Waals surface area contributed by atoms with E-state index in [2.05, 4.69) is 30.7 Å². The number of hydrogen-bond donors (Lipinski definition) is 2. The van der Waals surface area contributed by atoms with Gasteiger partial charge in [-0.2, -0.15) is 5.10 Å². The number of carbonyl (C=O) groups is 1. The smallest absolute Gasteiger partial charge is 0.292 e. The molecule has 0 unspecified atom stereocenters. The molecule has 0 atom stereocenters. The van der Waals surface area contributed by atoms with E-state index in [4.69, 9.17) is 0 Å². The first-order valence-electron chi connectivity index (χ1n) is 7.98. The standard InChI is InChI=1S/C18H15N7O/c26-18(22-15-6-9-19-12-21-15)23-16-7-10-25(24-16)11-14-4-1-3-13-5-2-8-20-17(13)14/h1-10,12H,11H2,(H2,19,21,22,23,24,26). The fraction of sp³-hybridized carbons (Fsp3) is 0.0556. The first kappa shape index (κ1) is 15.7. The van der Waals surface area contributed by atoms with Crippen molar-refractivity contribution in [3.05, 3.63) is 72.9 Å². The number of hydrogen-bond acceptors (Lipinski definition) is 5. The summed E-state index contributed by atoms with van der Waals surface area (Å²) in [6.45, 7) is 0.559. The molecule has 4 rings (SSSR count). The van der Waals surface area contributed by atoms with E-state index in [9.17, 15) is 4.79 Å². The van der Waals surface area contributed by atoms with Crippen LogP contribution in [0.3, 0.4) is 0 Å². The van der Waals surface area contributed by atoms with E-state index in [0.29, 0.717) is 18.2 Å². The predicted octanol–water partition coefficient (Wildman–Crippen LogP) is 2.91. The topological polar surface area (TPSA) is 97.6 Å². The van der Waals surface area contributed by atoms with Gasteiger partial charge >= 0.3 is 6.03 Å². The Morgan fingerprint density at radius 3 is 2.73 bits per heavy atom. The van der Waals surface area contributed by atoms with E-state index in [0.717, 1.165) is 16.5 Å². The minimum atomic E-state index is -0.416. The lowest BCUT2D eigenvalue weighted by Crippen LogP contribution is -2.20. The van der Waals surface area contributed by atoms with Gasteiger partial charge in [-0.3, -0.25) is 20.3 Å². The number of carbonyl (C=O) groups excluding carboxylic acids is 1. The summed E-state index contributed by atoms with van der Waals surface area (Å²) in [5.74, 6) is 0.864. The number of benzene rings is 1. The SMILES string of the molecule is O=C(Nc1ccncn1)Nc1ccn(Cc2cccc3cccnc23)n1. The molecule has 0 radical (unpaired) electrons. The molecular formula is C18H15N7O. The van der Waals surface area contributed by atoms with Crippen LogP contribution in [0.1, 0.15) is 5.56 Å². The molecule has 0 saturated heterocycles. The predicted molar refractivity (Wildman–Crippen MR) is 97.7 cm³/mol. The molecule has 0 saturated carbocycles. The van der Waals surface area contributed by atoms with Gasteiger partial charge < -0.3 is 0 Å². The zero-order valence-corrected chi connectivity index (χ0v) is 13.7. The summed E-state index contributed by atoms with van der Waals surface area (Å²) in [6.07, 6.45) is 6.50. The monoisotopic (exact) mass is 345 g/mol. The van der Waals surface area contributed by atoms with Gasteiger partial charge in [0, 0.05) is 30.0 Å². The van der Waals surface area contributed by atoms with Crippen LogP contribution in [0.4, 0.5) is 16.4 Å². The third-order valence-corrected chi connectivity index (χ3v) is 3.75. The van der Waals surface area contributed by atoms with Crippen molar-refractivity contribution in [1.82, 2.24) is 24.7 Å². The van der Waals surface area contributed by atoms with Gasteiger partial charge in [-0.1, -0.05) is 24.3 Å². The Morgan fingerprint density at radius 1 is 0.962 bits per heavy atom. The third-order valence-electron chi connectivity index (χ3n) is 3.75. The highest BCUT2D eigenvalue weighted by Crippen LogP contribution is 2.17. The molecule has 3 heterocycles. The summed E-state index contributed by atoms with van der Waals surface area (Å²) in [7, 11) is 0. The average molecular weight is 345 g/mol. The number of urea groups is 1. The van der Waals surface area contributed by atoms with E-state index in [1.54, 1.807) is 29.2 Å². The van der Waals surface area contributed by atoms with Gasteiger partial charge in [-0.05, 0) is 17.7 Å². The van der Waals surface area contributed by atoms with Crippen LogP contribution in [0, 0.1) is 0 Å². The van der Waals surface area contributed by atoms with Gasteiger partial charge in [0.05, 0.1) is 12.1 Å². The largest absolute Gasteiger partial charge is 0.326 e. The van der Waals surface area contributed by atoms with Crippen molar-refractivity contribution in [1.29, 1.82) is 0 Å². The van der Waals surface area contributed by atoms with E-state index < -0.39 is 6.03 Å². The highest BCUT2D eigenvalue weighted by Gasteiger charge is 2.07. The minimum absolute atomic E-state index is 0.416. The molecule has 26 heavy (non-hydrogen) atoms. The summed E-state index contributed by atoms with van der Waals surface area (Å²) < 4.78 is 1.75. The summed E-state index contributed by atoms with van der Waals surface area (Å²) in [5.41, 5.74) is 2.00. The minimum Gasteiger partial charge on any atom is -0.292 e. The van der Waals surface area contributed by atoms with E-state index >= 15 is 0 Å². The summed E-state index contributed by atoms with van der Waals surface area (Å²) >= 11 is 0. The fourth-order valence-corrected chi connectivity index (χ4v) is 2.61. The molecule has 0 fully saturated rings. The van der Waals surface area contributed by atoms with Crippen LogP contribution in [0.25, 0.3) is 10.9 Å². The first-order chi connectivity index (χ1) is 12.8. The number of nitrogens with one attached hydrogen (secondary N) is 2. The zero-order valence-electron chi connectivity index (χ0n) is 13.7. The average Bonchev–Trinajstić information content (AvgIpc) is 3.09. The van der Waals surface area contributed by atoms with Crippen LogP contribution in [-0.4, -0.2) is 30.8 Å². The summed E-state index contributed by atoms with van der Waals surface area (Å²) in [6, 6.07) is 12.9. The normalized spacial score (nSPS) is 10.6. The van der Waals surface area contributed by atoms with Crippen molar-refractivity contribution in [2.75, 3.05) is 10.6 Å². The first-order valence-corrected chi connectivity index (χ1v) is 7.98. The van der Waals surface area contributed by atoms with Crippen LogP contribution in [-0.2, 0) is 6.54 Å². The van der Waals surface area contributed by atoms with Gasteiger partial charge in [0.2, 0.25) is 0 Å². The van der Waals surface area contributed by atoms with Gasteiger partial charge in [-0.15, -0.1) is 0 Å². The second-order valence-corrected chi connectivity index (χ2v) is 5.56. The number of anilines is 2. The van der Waals surface area contributed by atoms with Crippen molar-refractivity contribution in [2.45, 2.75) is 6.54 Å². The Balaban J connectivity index is 1.45. The molecule has 1 aromatic carbocycles. The van der Waals surface area contributed by atoms with Crippen molar-refractivity contribution in [3.8, 4) is 0 Å². The van der Waals surface area contributed by atoms with Gasteiger partial charge in [0.15, 0.2) is 5.82 Å². The highest BCUT2D eigenvalue weighted by molar-refractivity contribution is 5.98. The van der Waals surface area contributed by atoms with Gasteiger partial charge in [0.1, 0.15) is 12.1 Å². The molecule has 0 spiro atoms. The maximum atomic E-state index is 12.0. The van der Waals surface area contributed by atoms with Gasteiger partial charge in [0.25, 0.3) is 0 Å². The molecule has 8 heteroatoms. The Morgan fingerprint density at radius 2 is 1.85 bits per heavy atom. The van der Waals surface area contributed by atoms with Crippen LogP contribution in [0.5, 0.6) is 0 Å². The fourth-order valence-electron chi connectivity index (χ4n) is 2.61. The molecule has 3 aromatic heterocycles. The quantitative estimate of drug-likeness (QED) is 0.593. The van der Waals surface area contributed by atoms with E-state index in [-0.39, 0.29) is 0 Å². The maximum absolute atomic E-state index is 12.0. The lowest BCUT2D eigenvalue weighted by atomic mass is 10.1. The van der Waals surface area contributed by atoms with Crippen LogP contribution in [0.15, 0.2) is 67.4 Å². The number of nitrogens with zero attached hydrogens (tertiary/aromatic N) is 5. The van der Waals surface area contributed by atoms with Gasteiger partial charge in [-0.25, -0.2) is 14.8 Å². The Bertz CT molecular complexity index is 1040. The molecule has 0 aliphatic carbocycles. The molecule has 4 aromatic rings. The van der Waals surface area contributed by atoms with E-state index in [1.807, 2.05) is 36.5 Å². The van der Waals surface area contributed by atoms with Crippen LogP contribution in [0.2, 0.25) is 0 Å². The van der Waals surface area contributed by atoms with Crippen LogP contribution < -0.4 is 10.6 Å². The second-order valence-electron chi connectivity index (χ2n) is 5.56. The number of fused-ring (bicyclic) bond motifs is 1. The Labute approximate surface area is 148 Å². The highest BCUT2D eigenvalue weighted by atomic mass is 16.2. The lowest BCUT2D eigenvalue weighted by Gasteiger charge is -2.06. The van der Waals surface area contributed by atoms with Crippen molar-refractivity contribution >= 4 is 28.6 Å². The second kappa shape index (κ2) is 6.98. The number of aromatic nitrogens is 5. The van der Waals surface area contributed by atoms with Crippen molar-refractivity contribution in [2.24, 2.45) is 0 Å². The van der Waals surface area contributed by atoms with Crippen LogP contribution >= 0.6 is 0 Å². The van der Waals surface area contributed by atoms with Crippen molar-refractivity contribution in [3.63, 3.8) is 0 Å². The maximum Gasteiger partial charge on any atom is 0.326 e. The molecule has 0 aliphatic heterocycles. The number of amides is 2. The Kier molecular flexibility index (Phi) is 4.21. The number of rotatable bonds is 4. The van der Waals surface area contributed by atoms with E-state index in [1.165, 1.54) is 6.33 Å². The van der Waals surface area contributed by atoms with Crippen molar-refractivity contribution < 1.29 is 4.79 Å². The lowest BCUT2D eigenvalue weighted by molar-refractivity contribution is 0.262. The number of pyridine rings is 1. The third kappa shape index (κ3) is 3.48. The molecule has 2 N–H and O–H groups in total. The molecule has 128 valence electrons. The Hall–Kier alpha value is -3.81. The summed E-state index contributed by atoms with van der Waals surface area (Å²) in [4.78, 5) is 24.2. The molecular weight excluding hydrogens is 330 g/mol. The summed E-state index contributed by atoms with van der Waals surface area (Å²) in [5, 5.41) is 10.8. The zero-order chi connectivity index (χ0) is 17.8. The molecule has 2 amide bonds. The number of para-hydroxylation sites is 1.